The average molecular weight is 518 g/mol. The minimum absolute atomic E-state index is 0.0482. The highest BCUT2D eigenvalue weighted by Crippen LogP contribution is 2.40. The number of nitrogens with zero attached hydrogens (tertiary/aromatic N) is 1. The number of likely N-dealkylation sites (tertiary alicyclic amines) is 1. The minimum atomic E-state index is -0.726. The van der Waals surface area contributed by atoms with Gasteiger partial charge in [0.25, 0.3) is 11.7 Å². The number of halogens is 1. The van der Waals surface area contributed by atoms with Crippen LogP contribution < -0.4 is 9.47 Å². The molecule has 1 N–H and O–H groups in total. The summed E-state index contributed by atoms with van der Waals surface area (Å²) in [5.74, 6) is -0.359. The molecule has 0 aromatic heterocycles. The number of hydrogen-bond acceptors (Lipinski definition) is 6. The second kappa shape index (κ2) is 10.9. The van der Waals surface area contributed by atoms with Crippen LogP contribution in [0.3, 0.4) is 0 Å². The number of ether oxygens (including phenoxy) is 3. The summed E-state index contributed by atoms with van der Waals surface area (Å²) in [4.78, 5) is 27.6. The molecule has 1 amide bonds. The highest BCUT2D eigenvalue weighted by molar-refractivity contribution is 9.10. The molecule has 8 heteroatoms. The summed E-state index contributed by atoms with van der Waals surface area (Å²) in [6, 6.07) is 11.4. The summed E-state index contributed by atoms with van der Waals surface area (Å²) in [5.41, 5.74) is 1.16. The fraction of sp³-hybridized carbons (Fsp3) is 0.360. The Kier molecular flexibility index (Phi) is 8.15. The lowest BCUT2D eigenvalue weighted by Gasteiger charge is -2.25. The first-order valence-corrected chi connectivity index (χ1v) is 11.5. The van der Waals surface area contributed by atoms with Gasteiger partial charge in [-0.05, 0) is 72.1 Å². The lowest BCUT2D eigenvalue weighted by atomic mass is 9.95. The van der Waals surface area contributed by atoms with Gasteiger partial charge in [0.2, 0.25) is 0 Å². The van der Waals surface area contributed by atoms with Gasteiger partial charge in [0, 0.05) is 18.7 Å². The number of carbonyl (C=O) groups is 2. The molecule has 1 aliphatic heterocycles. The van der Waals surface area contributed by atoms with Crippen LogP contribution in [0.5, 0.6) is 11.5 Å². The van der Waals surface area contributed by atoms with Gasteiger partial charge in [0.05, 0.1) is 36.4 Å². The van der Waals surface area contributed by atoms with Crippen LogP contribution in [0.1, 0.15) is 37.4 Å². The number of carbonyl (C=O) groups excluding carboxylic acids is 2. The zero-order valence-corrected chi connectivity index (χ0v) is 20.7. The molecule has 1 atom stereocenters. The first kappa shape index (κ1) is 24.8. The van der Waals surface area contributed by atoms with Crippen molar-refractivity contribution in [3.8, 4) is 11.5 Å². The molecule has 1 fully saturated rings. The van der Waals surface area contributed by atoms with E-state index in [4.69, 9.17) is 14.2 Å². The van der Waals surface area contributed by atoms with Crippen molar-refractivity contribution in [2.45, 2.75) is 32.4 Å². The van der Waals surface area contributed by atoms with Crippen molar-refractivity contribution in [1.82, 2.24) is 4.90 Å². The van der Waals surface area contributed by atoms with Crippen molar-refractivity contribution in [2.75, 3.05) is 27.4 Å². The molecule has 0 aliphatic carbocycles. The first-order chi connectivity index (χ1) is 15.8. The minimum Gasteiger partial charge on any atom is -0.507 e. The van der Waals surface area contributed by atoms with Crippen LogP contribution in [0.2, 0.25) is 0 Å². The quantitative estimate of drug-likeness (QED) is 0.224. The van der Waals surface area contributed by atoms with E-state index in [1.165, 1.54) is 12.0 Å². The van der Waals surface area contributed by atoms with E-state index in [0.29, 0.717) is 46.7 Å². The summed E-state index contributed by atoms with van der Waals surface area (Å²) >= 11 is 3.40. The molecule has 0 spiro atoms. The van der Waals surface area contributed by atoms with Gasteiger partial charge in [-0.1, -0.05) is 12.1 Å². The predicted molar refractivity (Wildman–Crippen MR) is 128 cm³/mol. The summed E-state index contributed by atoms with van der Waals surface area (Å²) in [6.45, 7) is 4.66. The van der Waals surface area contributed by atoms with Crippen LogP contribution in [0.4, 0.5) is 0 Å². The van der Waals surface area contributed by atoms with E-state index in [1.807, 2.05) is 13.8 Å². The van der Waals surface area contributed by atoms with Gasteiger partial charge in [-0.3, -0.25) is 9.59 Å². The highest BCUT2D eigenvalue weighted by atomic mass is 79.9. The van der Waals surface area contributed by atoms with Crippen molar-refractivity contribution in [3.05, 3.63) is 63.6 Å². The van der Waals surface area contributed by atoms with Gasteiger partial charge >= 0.3 is 0 Å². The molecule has 0 radical (unpaired) electrons. The van der Waals surface area contributed by atoms with Gasteiger partial charge < -0.3 is 24.2 Å². The smallest absolute Gasteiger partial charge is 0.295 e. The number of Topliss-reactive ketones (excluding diaryl/α,β-unsaturated/α-hetero) is 1. The Morgan fingerprint density at radius 2 is 1.79 bits per heavy atom. The fourth-order valence-electron chi connectivity index (χ4n) is 3.77. The summed E-state index contributed by atoms with van der Waals surface area (Å²) < 4.78 is 16.7. The third-order valence-electron chi connectivity index (χ3n) is 5.39. The van der Waals surface area contributed by atoms with Crippen LogP contribution in [-0.2, 0) is 14.3 Å². The number of methoxy groups -OCH3 is 2. The number of ketones is 1. The van der Waals surface area contributed by atoms with E-state index in [-0.39, 0.29) is 17.4 Å². The summed E-state index contributed by atoms with van der Waals surface area (Å²) in [6.07, 6.45) is 0.637. The normalized spacial score (nSPS) is 17.6. The van der Waals surface area contributed by atoms with Crippen molar-refractivity contribution in [1.29, 1.82) is 0 Å². The van der Waals surface area contributed by atoms with Crippen LogP contribution >= 0.6 is 15.9 Å². The first-order valence-electron chi connectivity index (χ1n) is 10.7. The number of aliphatic hydroxyl groups excluding tert-OH is 1. The number of rotatable bonds is 9. The molecule has 7 nitrogen and oxygen atoms in total. The maximum absolute atomic E-state index is 13.1. The van der Waals surface area contributed by atoms with Crippen LogP contribution in [0.15, 0.2) is 52.5 Å². The molecule has 1 aliphatic rings. The Bertz CT molecular complexity index is 1050. The second-order valence-electron chi connectivity index (χ2n) is 7.89. The van der Waals surface area contributed by atoms with E-state index in [0.717, 1.165) is 0 Å². The van der Waals surface area contributed by atoms with Gasteiger partial charge in [0.1, 0.15) is 17.3 Å². The molecule has 2 aromatic rings. The van der Waals surface area contributed by atoms with Crippen LogP contribution in [-0.4, -0.2) is 55.2 Å². The third kappa shape index (κ3) is 5.39. The van der Waals surface area contributed by atoms with E-state index in [1.54, 1.807) is 49.6 Å². The van der Waals surface area contributed by atoms with Crippen LogP contribution in [0, 0.1) is 0 Å². The Balaban J connectivity index is 2.05. The lowest BCUT2D eigenvalue weighted by Crippen LogP contribution is -2.31. The zero-order valence-electron chi connectivity index (χ0n) is 19.1. The van der Waals surface area contributed by atoms with E-state index in [9.17, 15) is 14.7 Å². The van der Waals surface area contributed by atoms with Crippen molar-refractivity contribution >= 4 is 33.4 Å². The molecular weight excluding hydrogens is 490 g/mol. The maximum Gasteiger partial charge on any atom is 0.295 e. The largest absolute Gasteiger partial charge is 0.507 e. The average Bonchev–Trinajstić information content (AvgIpc) is 3.06. The van der Waals surface area contributed by atoms with Gasteiger partial charge in [-0.25, -0.2) is 0 Å². The molecule has 33 heavy (non-hydrogen) atoms. The summed E-state index contributed by atoms with van der Waals surface area (Å²) in [5, 5.41) is 11.2. The molecule has 0 bridgehead atoms. The fourth-order valence-corrected chi connectivity index (χ4v) is 4.31. The molecule has 176 valence electrons. The van der Waals surface area contributed by atoms with Crippen LogP contribution in [0.25, 0.3) is 5.76 Å². The monoisotopic (exact) mass is 517 g/mol. The number of benzene rings is 2. The molecular formula is C25H28BrNO6. The standard InChI is InChI=1S/C25H28BrNO6/c1-15(2)33-13-5-12-27-22(16-6-9-18(31-3)10-7-16)21(24(29)25(27)30)23(28)17-8-11-20(32-4)19(26)14-17/h6-11,14-15,22,28H,5,12-13H2,1-4H3/b23-21-. The van der Waals surface area contributed by atoms with Gasteiger partial charge in [-0.2, -0.15) is 0 Å². The Morgan fingerprint density at radius 1 is 1.09 bits per heavy atom. The molecule has 2 aromatic carbocycles. The van der Waals surface area contributed by atoms with Gasteiger partial charge in [-0.15, -0.1) is 0 Å². The van der Waals surface area contributed by atoms with Gasteiger partial charge in [0.15, 0.2) is 0 Å². The zero-order chi connectivity index (χ0) is 24.1. The Labute approximate surface area is 202 Å². The van der Waals surface area contributed by atoms with E-state index >= 15 is 0 Å². The van der Waals surface area contributed by atoms with E-state index in [2.05, 4.69) is 15.9 Å². The highest BCUT2D eigenvalue weighted by Gasteiger charge is 2.45. The van der Waals surface area contributed by atoms with E-state index < -0.39 is 17.7 Å². The van der Waals surface area contributed by atoms with Crippen molar-refractivity contribution < 1.29 is 28.9 Å². The molecule has 1 saturated heterocycles. The number of hydrogen-bond donors (Lipinski definition) is 1. The molecule has 1 heterocycles. The molecule has 1 unspecified atom stereocenters. The maximum atomic E-state index is 13.1. The SMILES string of the molecule is COc1ccc(C2/C(=C(/O)c3ccc(OC)c(Br)c3)C(=O)C(=O)N2CCCOC(C)C)cc1. The summed E-state index contributed by atoms with van der Waals surface area (Å²) in [7, 11) is 3.11. The lowest BCUT2D eigenvalue weighted by molar-refractivity contribution is -0.140. The molecule has 0 saturated carbocycles. The topological polar surface area (TPSA) is 85.3 Å². The predicted octanol–water partition coefficient (Wildman–Crippen LogP) is 4.70. The Hall–Kier alpha value is -2.84. The number of aliphatic hydroxyl groups is 1. The van der Waals surface area contributed by atoms with Crippen molar-refractivity contribution in [2.24, 2.45) is 0 Å². The Morgan fingerprint density at radius 3 is 2.36 bits per heavy atom. The van der Waals surface area contributed by atoms with Crippen molar-refractivity contribution in [3.63, 3.8) is 0 Å². The number of amides is 1. The third-order valence-corrected chi connectivity index (χ3v) is 6.01. The molecule has 3 rings (SSSR count). The second-order valence-corrected chi connectivity index (χ2v) is 8.74.